The van der Waals surface area contributed by atoms with Crippen LogP contribution in [0.3, 0.4) is 0 Å². The second-order valence-electron chi connectivity index (χ2n) is 7.83. The Labute approximate surface area is 130 Å². The Hall–Kier alpha value is -1.59. The van der Waals surface area contributed by atoms with Crippen molar-refractivity contribution in [2.24, 2.45) is 23.2 Å². The lowest BCUT2D eigenvalue weighted by atomic mass is 9.49. The van der Waals surface area contributed by atoms with Crippen molar-refractivity contribution in [3.05, 3.63) is 0 Å². The minimum absolute atomic E-state index is 0.00108. The summed E-state index contributed by atoms with van der Waals surface area (Å²) in [6.07, 6.45) is 7.87. The van der Waals surface area contributed by atoms with Crippen molar-refractivity contribution < 1.29 is 14.4 Å². The molecule has 5 rings (SSSR count). The number of nitrogens with zero attached hydrogens (tertiary/aromatic N) is 1. The standard InChI is InChI=1S/C16H23N3O3/c20-13(8-19-14(21)7-17-15(19)22)18-9-16-4-10-1-11(5-16)3-12(2-10)6-16/h10-12H,1-9H2,(H,17,22)(H,18,20). The average molecular weight is 305 g/mol. The Balaban J connectivity index is 1.34. The van der Waals surface area contributed by atoms with Crippen molar-refractivity contribution in [1.82, 2.24) is 15.5 Å². The molecule has 1 saturated heterocycles. The molecule has 0 spiro atoms. The minimum Gasteiger partial charge on any atom is -0.354 e. The van der Waals surface area contributed by atoms with Gasteiger partial charge in [-0.3, -0.25) is 14.5 Å². The first-order valence-corrected chi connectivity index (χ1v) is 8.38. The summed E-state index contributed by atoms with van der Waals surface area (Å²) in [5, 5.41) is 5.43. The van der Waals surface area contributed by atoms with Crippen molar-refractivity contribution in [3.63, 3.8) is 0 Å². The normalized spacial score (nSPS) is 39.3. The van der Waals surface area contributed by atoms with Crippen molar-refractivity contribution in [3.8, 4) is 0 Å². The Bertz CT molecular complexity index is 479. The van der Waals surface area contributed by atoms with E-state index in [-0.39, 0.29) is 30.3 Å². The van der Waals surface area contributed by atoms with Crippen LogP contribution in [0.4, 0.5) is 4.79 Å². The molecule has 0 aromatic rings. The van der Waals surface area contributed by atoms with E-state index in [0.29, 0.717) is 6.54 Å². The van der Waals surface area contributed by atoms with Gasteiger partial charge in [0.25, 0.3) is 5.91 Å². The molecule has 22 heavy (non-hydrogen) atoms. The molecule has 1 heterocycles. The highest BCUT2D eigenvalue weighted by molar-refractivity contribution is 6.04. The molecule has 120 valence electrons. The van der Waals surface area contributed by atoms with Crippen molar-refractivity contribution >= 4 is 17.8 Å². The molecule has 2 N–H and O–H groups in total. The summed E-state index contributed by atoms with van der Waals surface area (Å²) in [6.45, 7) is 0.553. The van der Waals surface area contributed by atoms with Gasteiger partial charge >= 0.3 is 6.03 Å². The zero-order valence-corrected chi connectivity index (χ0v) is 12.8. The maximum atomic E-state index is 12.1. The van der Waals surface area contributed by atoms with E-state index in [1.54, 1.807) is 0 Å². The predicted octanol–water partition coefficient (Wildman–Crippen LogP) is 0.871. The van der Waals surface area contributed by atoms with Crippen molar-refractivity contribution in [2.45, 2.75) is 38.5 Å². The third-order valence-corrected chi connectivity index (χ3v) is 6.06. The molecule has 4 aliphatic carbocycles. The third kappa shape index (κ3) is 2.38. The van der Waals surface area contributed by atoms with E-state index >= 15 is 0 Å². The van der Waals surface area contributed by atoms with Crippen LogP contribution in [-0.2, 0) is 9.59 Å². The van der Waals surface area contributed by atoms with Gasteiger partial charge in [0.2, 0.25) is 5.91 Å². The second-order valence-corrected chi connectivity index (χ2v) is 7.83. The van der Waals surface area contributed by atoms with Crippen LogP contribution in [-0.4, -0.2) is 42.4 Å². The highest BCUT2D eigenvalue weighted by atomic mass is 16.2. The van der Waals surface area contributed by atoms with Gasteiger partial charge in [0, 0.05) is 6.54 Å². The van der Waals surface area contributed by atoms with Gasteiger partial charge in [-0.15, -0.1) is 0 Å². The molecule has 4 bridgehead atoms. The lowest BCUT2D eigenvalue weighted by Crippen LogP contribution is -2.52. The molecule has 1 aliphatic heterocycles. The van der Waals surface area contributed by atoms with E-state index in [2.05, 4.69) is 10.6 Å². The average Bonchev–Trinajstić information content (AvgIpc) is 2.76. The summed E-state index contributed by atoms with van der Waals surface area (Å²) < 4.78 is 0. The van der Waals surface area contributed by atoms with Crippen LogP contribution in [0.25, 0.3) is 0 Å². The van der Waals surface area contributed by atoms with Gasteiger partial charge in [-0.25, -0.2) is 4.79 Å². The molecular weight excluding hydrogens is 282 g/mol. The van der Waals surface area contributed by atoms with Crippen LogP contribution >= 0.6 is 0 Å². The first-order chi connectivity index (χ1) is 10.5. The molecule has 4 saturated carbocycles. The first-order valence-electron chi connectivity index (χ1n) is 8.38. The lowest BCUT2D eigenvalue weighted by molar-refractivity contribution is -0.131. The van der Waals surface area contributed by atoms with Gasteiger partial charge in [-0.2, -0.15) is 0 Å². The number of rotatable bonds is 4. The summed E-state index contributed by atoms with van der Waals surface area (Å²) in [7, 11) is 0. The predicted molar refractivity (Wildman–Crippen MR) is 78.7 cm³/mol. The summed E-state index contributed by atoms with van der Waals surface area (Å²) in [5.74, 6) is 2.02. The van der Waals surface area contributed by atoms with E-state index in [1.165, 1.54) is 38.5 Å². The van der Waals surface area contributed by atoms with Gasteiger partial charge < -0.3 is 10.6 Å². The molecule has 4 amide bonds. The van der Waals surface area contributed by atoms with Gasteiger partial charge in [0.1, 0.15) is 6.54 Å². The molecule has 6 heteroatoms. The smallest absolute Gasteiger partial charge is 0.325 e. The molecule has 5 fully saturated rings. The van der Waals surface area contributed by atoms with Crippen LogP contribution < -0.4 is 10.6 Å². The molecule has 5 aliphatic rings. The summed E-state index contributed by atoms with van der Waals surface area (Å²) in [5.41, 5.74) is 0.279. The number of imide groups is 1. The SMILES string of the molecule is O=C(CN1C(=O)CNC1=O)NCC12CC3CC(CC(C3)C1)C2. The number of urea groups is 1. The van der Waals surface area contributed by atoms with E-state index in [4.69, 9.17) is 0 Å². The maximum Gasteiger partial charge on any atom is 0.325 e. The Morgan fingerprint density at radius 2 is 1.73 bits per heavy atom. The van der Waals surface area contributed by atoms with E-state index in [1.807, 2.05) is 0 Å². The Morgan fingerprint density at radius 3 is 2.23 bits per heavy atom. The van der Waals surface area contributed by atoms with Crippen LogP contribution in [0.2, 0.25) is 0 Å². The van der Waals surface area contributed by atoms with E-state index < -0.39 is 6.03 Å². The minimum atomic E-state index is -0.463. The van der Waals surface area contributed by atoms with Crippen LogP contribution in [0.15, 0.2) is 0 Å². The van der Waals surface area contributed by atoms with Crippen molar-refractivity contribution in [2.75, 3.05) is 19.6 Å². The highest BCUT2D eigenvalue weighted by Crippen LogP contribution is 2.59. The highest BCUT2D eigenvalue weighted by Gasteiger charge is 2.50. The van der Waals surface area contributed by atoms with E-state index in [0.717, 1.165) is 22.7 Å². The number of hydrogen-bond donors (Lipinski definition) is 2. The number of hydrogen-bond acceptors (Lipinski definition) is 3. The topological polar surface area (TPSA) is 78.5 Å². The molecule has 0 atom stereocenters. The summed E-state index contributed by atoms with van der Waals surface area (Å²) in [4.78, 5) is 36.1. The number of amides is 4. The van der Waals surface area contributed by atoms with Gasteiger partial charge in [0.05, 0.1) is 6.54 Å². The molecule has 0 radical (unpaired) electrons. The summed E-state index contributed by atoms with van der Waals surface area (Å²) in [6, 6.07) is -0.463. The Morgan fingerprint density at radius 1 is 1.14 bits per heavy atom. The van der Waals surface area contributed by atoms with Gasteiger partial charge in [0.15, 0.2) is 0 Å². The molecular formula is C16H23N3O3. The first kappa shape index (κ1) is 14.0. The fourth-order valence-corrected chi connectivity index (χ4v) is 5.61. The maximum absolute atomic E-state index is 12.1. The van der Waals surface area contributed by atoms with Crippen molar-refractivity contribution in [1.29, 1.82) is 0 Å². The quantitative estimate of drug-likeness (QED) is 0.757. The molecule has 6 nitrogen and oxygen atoms in total. The fraction of sp³-hybridized carbons (Fsp3) is 0.812. The van der Waals surface area contributed by atoms with Crippen LogP contribution in [0, 0.1) is 23.2 Å². The second kappa shape index (κ2) is 4.96. The van der Waals surface area contributed by atoms with E-state index in [9.17, 15) is 14.4 Å². The number of carbonyl (C=O) groups excluding carboxylic acids is 3. The Kier molecular flexibility index (Phi) is 3.16. The molecule has 0 unspecified atom stereocenters. The fourth-order valence-electron chi connectivity index (χ4n) is 5.61. The third-order valence-electron chi connectivity index (χ3n) is 6.06. The summed E-state index contributed by atoms with van der Waals surface area (Å²) >= 11 is 0. The molecule has 0 aromatic carbocycles. The van der Waals surface area contributed by atoms with Crippen LogP contribution in [0.5, 0.6) is 0 Å². The lowest BCUT2D eigenvalue weighted by Gasteiger charge is -2.56. The number of carbonyl (C=O) groups is 3. The van der Waals surface area contributed by atoms with Gasteiger partial charge in [-0.1, -0.05) is 0 Å². The van der Waals surface area contributed by atoms with Gasteiger partial charge in [-0.05, 0) is 61.7 Å². The van der Waals surface area contributed by atoms with Crippen LogP contribution in [0.1, 0.15) is 38.5 Å². The zero-order chi connectivity index (χ0) is 15.3. The monoisotopic (exact) mass is 305 g/mol. The molecule has 0 aromatic heterocycles. The largest absolute Gasteiger partial charge is 0.354 e. The zero-order valence-electron chi connectivity index (χ0n) is 12.8. The number of nitrogens with one attached hydrogen (secondary N) is 2.